The molecule has 2 aromatic heterocycles. The number of hydrogen-bond donors (Lipinski definition) is 4. The van der Waals surface area contributed by atoms with Crippen LogP contribution in [0.4, 0.5) is 11.6 Å². The summed E-state index contributed by atoms with van der Waals surface area (Å²) in [5, 5.41) is 13.8. The van der Waals surface area contributed by atoms with Crippen LogP contribution in [0.1, 0.15) is 61.7 Å². The summed E-state index contributed by atoms with van der Waals surface area (Å²) in [6.07, 6.45) is 18.2. The normalized spacial score (nSPS) is 18.1. The van der Waals surface area contributed by atoms with E-state index in [0.717, 1.165) is 37.8 Å². The molecule has 31 heavy (non-hydrogen) atoms. The predicted octanol–water partition coefficient (Wildman–Crippen LogP) is 3.72. The van der Waals surface area contributed by atoms with Crippen molar-refractivity contribution < 1.29 is 4.79 Å². The molecule has 8 nitrogen and oxygen atoms in total. The topological polar surface area (TPSA) is 109 Å². The van der Waals surface area contributed by atoms with Crippen molar-refractivity contribution in [2.45, 2.75) is 57.4 Å². The third-order valence-corrected chi connectivity index (χ3v) is 6.09. The minimum Gasteiger partial charge on any atom is -0.383 e. The van der Waals surface area contributed by atoms with Gasteiger partial charge in [-0.3, -0.25) is 4.79 Å². The third-order valence-electron chi connectivity index (χ3n) is 6.09. The van der Waals surface area contributed by atoms with E-state index in [1.165, 1.54) is 30.0 Å². The lowest BCUT2D eigenvalue weighted by Gasteiger charge is -2.26. The Balaban J connectivity index is 1.60. The molecule has 2 heterocycles. The lowest BCUT2D eigenvalue weighted by molar-refractivity contribution is 0.0918. The first-order valence-corrected chi connectivity index (χ1v) is 11.1. The first-order valence-electron chi connectivity index (χ1n) is 11.1. The number of carbonyl (C=O) groups excluding carboxylic acids is 1. The molecule has 0 atom stereocenters. The van der Waals surface area contributed by atoms with Crippen LogP contribution in [0.5, 0.6) is 0 Å². The SMILES string of the molecule is C=CN/C=C\C=C(\Nc1cc(N)n2ncc(C(=O)NC3CCC3)c2n1)C1CCCCC1. The number of nitrogens with two attached hydrogens (primary N) is 1. The van der Waals surface area contributed by atoms with Crippen LogP contribution >= 0.6 is 0 Å². The predicted molar refractivity (Wildman–Crippen MR) is 123 cm³/mol. The molecule has 1 amide bonds. The van der Waals surface area contributed by atoms with E-state index in [1.54, 1.807) is 12.3 Å². The number of carbonyl (C=O) groups is 1. The Morgan fingerprint density at radius 2 is 2.00 bits per heavy atom. The fourth-order valence-corrected chi connectivity index (χ4v) is 4.14. The lowest BCUT2D eigenvalue weighted by atomic mass is 9.86. The summed E-state index contributed by atoms with van der Waals surface area (Å²) in [7, 11) is 0. The maximum Gasteiger partial charge on any atom is 0.256 e. The quantitative estimate of drug-likeness (QED) is 0.484. The van der Waals surface area contributed by atoms with Crippen molar-refractivity contribution in [3.05, 3.63) is 54.7 Å². The van der Waals surface area contributed by atoms with Crippen molar-refractivity contribution in [2.24, 2.45) is 5.92 Å². The highest BCUT2D eigenvalue weighted by Gasteiger charge is 2.24. The zero-order valence-electron chi connectivity index (χ0n) is 17.8. The molecule has 8 heteroatoms. The summed E-state index contributed by atoms with van der Waals surface area (Å²) in [6.45, 7) is 3.65. The molecule has 0 saturated heterocycles. The smallest absolute Gasteiger partial charge is 0.256 e. The maximum atomic E-state index is 12.7. The first kappa shape index (κ1) is 21.0. The van der Waals surface area contributed by atoms with Crippen molar-refractivity contribution in [1.82, 2.24) is 25.2 Å². The molecule has 2 aromatic rings. The Hall–Kier alpha value is -3.29. The summed E-state index contributed by atoms with van der Waals surface area (Å²) in [6, 6.07) is 2.01. The zero-order valence-corrected chi connectivity index (χ0v) is 17.8. The van der Waals surface area contributed by atoms with Crippen LogP contribution in [0.3, 0.4) is 0 Å². The van der Waals surface area contributed by atoms with Crippen LogP contribution in [0.25, 0.3) is 5.65 Å². The molecule has 164 valence electrons. The molecule has 4 rings (SSSR count). The Labute approximate surface area is 182 Å². The monoisotopic (exact) mass is 421 g/mol. The van der Waals surface area contributed by atoms with E-state index in [9.17, 15) is 4.79 Å². The third kappa shape index (κ3) is 4.90. The van der Waals surface area contributed by atoms with E-state index in [0.29, 0.717) is 28.8 Å². The van der Waals surface area contributed by atoms with Gasteiger partial charge in [0.2, 0.25) is 0 Å². The number of fused-ring (bicyclic) bond motifs is 1. The first-order chi connectivity index (χ1) is 15.2. The molecule has 2 fully saturated rings. The molecular formula is C23H31N7O. The average Bonchev–Trinajstić information content (AvgIpc) is 3.18. The minimum atomic E-state index is -0.148. The summed E-state index contributed by atoms with van der Waals surface area (Å²) in [5.41, 5.74) is 8.24. The van der Waals surface area contributed by atoms with Crippen LogP contribution in [-0.2, 0) is 0 Å². The molecule has 0 bridgehead atoms. The second kappa shape index (κ2) is 9.68. The second-order valence-corrected chi connectivity index (χ2v) is 8.27. The highest BCUT2D eigenvalue weighted by atomic mass is 16.1. The van der Waals surface area contributed by atoms with Gasteiger partial charge in [0.1, 0.15) is 17.2 Å². The summed E-state index contributed by atoms with van der Waals surface area (Å²) in [4.78, 5) is 17.4. The van der Waals surface area contributed by atoms with Crippen LogP contribution in [0.15, 0.2) is 49.1 Å². The number of anilines is 2. The van der Waals surface area contributed by atoms with Gasteiger partial charge in [-0.05, 0) is 56.4 Å². The van der Waals surface area contributed by atoms with Crippen molar-refractivity contribution in [1.29, 1.82) is 0 Å². The van der Waals surface area contributed by atoms with Crippen LogP contribution in [0, 0.1) is 5.92 Å². The van der Waals surface area contributed by atoms with Crippen molar-refractivity contribution in [3.8, 4) is 0 Å². The molecule has 0 radical (unpaired) electrons. The standard InChI is InChI=1S/C23H31N7O/c1-2-25-13-7-12-19(16-8-4-3-5-9-16)28-21-14-20(24)30-22(29-21)18(15-26-30)23(31)27-17-10-6-11-17/h2,7,12-17,25H,1,3-6,8-11,24H2,(H,27,31)(H,28,29)/b13-7-,19-12+. The van der Waals surface area contributed by atoms with Crippen molar-refractivity contribution >= 4 is 23.2 Å². The van der Waals surface area contributed by atoms with E-state index >= 15 is 0 Å². The van der Waals surface area contributed by atoms with Gasteiger partial charge in [-0.15, -0.1) is 0 Å². The van der Waals surface area contributed by atoms with Crippen molar-refractivity contribution in [2.75, 3.05) is 11.1 Å². The fraction of sp³-hybridized carbons (Fsp3) is 0.435. The number of amides is 1. The molecule has 2 aliphatic carbocycles. The second-order valence-electron chi connectivity index (χ2n) is 8.27. The number of rotatable bonds is 8. The van der Waals surface area contributed by atoms with E-state index in [-0.39, 0.29) is 11.9 Å². The number of nitrogens with one attached hydrogen (secondary N) is 3. The number of nitrogens with zero attached hydrogens (tertiary/aromatic N) is 3. The number of allylic oxidation sites excluding steroid dienone is 3. The number of aromatic nitrogens is 3. The van der Waals surface area contributed by atoms with Gasteiger partial charge < -0.3 is 21.7 Å². The fourth-order valence-electron chi connectivity index (χ4n) is 4.14. The number of hydrogen-bond acceptors (Lipinski definition) is 6. The van der Waals surface area contributed by atoms with Gasteiger partial charge >= 0.3 is 0 Å². The van der Waals surface area contributed by atoms with E-state index in [1.807, 2.05) is 12.3 Å². The van der Waals surface area contributed by atoms with Gasteiger partial charge in [-0.1, -0.05) is 25.8 Å². The molecule has 5 N–H and O–H groups in total. The summed E-state index contributed by atoms with van der Waals surface area (Å²) in [5.74, 6) is 1.34. The number of nitrogen functional groups attached to an aromatic ring is 1. The summed E-state index contributed by atoms with van der Waals surface area (Å²) >= 11 is 0. The average molecular weight is 422 g/mol. The van der Waals surface area contributed by atoms with Crippen LogP contribution in [0.2, 0.25) is 0 Å². The lowest BCUT2D eigenvalue weighted by Crippen LogP contribution is -2.39. The molecule has 2 aliphatic rings. The highest BCUT2D eigenvalue weighted by Crippen LogP contribution is 2.31. The van der Waals surface area contributed by atoms with Gasteiger partial charge in [0.05, 0.1) is 6.20 Å². The van der Waals surface area contributed by atoms with Crippen LogP contribution < -0.4 is 21.7 Å². The maximum absolute atomic E-state index is 12.7. The molecule has 2 saturated carbocycles. The highest BCUT2D eigenvalue weighted by molar-refractivity contribution is 6.00. The van der Waals surface area contributed by atoms with E-state index < -0.39 is 0 Å². The molecule has 0 aliphatic heterocycles. The van der Waals surface area contributed by atoms with Gasteiger partial charge in [0.15, 0.2) is 5.65 Å². The Morgan fingerprint density at radius 1 is 1.19 bits per heavy atom. The van der Waals surface area contributed by atoms with E-state index in [2.05, 4.69) is 33.7 Å². The molecule has 0 aromatic carbocycles. The Kier molecular flexibility index (Phi) is 6.54. The van der Waals surface area contributed by atoms with Gasteiger partial charge in [0, 0.05) is 24.0 Å². The van der Waals surface area contributed by atoms with Gasteiger partial charge in [-0.25, -0.2) is 4.98 Å². The Bertz CT molecular complexity index is 997. The Morgan fingerprint density at radius 3 is 2.71 bits per heavy atom. The largest absolute Gasteiger partial charge is 0.383 e. The van der Waals surface area contributed by atoms with E-state index in [4.69, 9.17) is 10.7 Å². The molecule has 0 spiro atoms. The molecule has 0 unspecified atom stereocenters. The summed E-state index contributed by atoms with van der Waals surface area (Å²) < 4.78 is 1.51. The van der Waals surface area contributed by atoms with Gasteiger partial charge in [0.25, 0.3) is 5.91 Å². The minimum absolute atomic E-state index is 0.148. The van der Waals surface area contributed by atoms with Crippen molar-refractivity contribution in [3.63, 3.8) is 0 Å². The molecular weight excluding hydrogens is 390 g/mol. The zero-order chi connectivity index (χ0) is 21.6. The van der Waals surface area contributed by atoms with Crippen LogP contribution in [-0.4, -0.2) is 26.5 Å². The van der Waals surface area contributed by atoms with Gasteiger partial charge in [-0.2, -0.15) is 9.61 Å².